The molecule has 4 heteroatoms. The fraction of sp³-hybridized carbons (Fsp3) is 0.533. The van der Waals surface area contributed by atoms with Gasteiger partial charge in [0.15, 0.2) is 0 Å². The van der Waals surface area contributed by atoms with Crippen LogP contribution in [0, 0.1) is 11.3 Å². The molecule has 4 nitrogen and oxygen atoms in total. The number of phenols is 1. The van der Waals surface area contributed by atoms with E-state index in [4.69, 9.17) is 4.74 Å². The van der Waals surface area contributed by atoms with E-state index >= 15 is 0 Å². The predicted octanol–water partition coefficient (Wildman–Crippen LogP) is 2.81. The predicted molar refractivity (Wildman–Crippen MR) is 75.6 cm³/mol. The molecule has 0 bridgehead atoms. The molecule has 1 atom stereocenters. The number of aromatic hydroxyl groups is 1. The van der Waals surface area contributed by atoms with E-state index in [1.165, 1.54) is 13.2 Å². The average molecular weight is 265 g/mol. The number of benzene rings is 1. The van der Waals surface area contributed by atoms with Crippen molar-refractivity contribution in [2.75, 3.05) is 13.7 Å². The molecule has 0 saturated carbocycles. The highest BCUT2D eigenvalue weighted by Crippen LogP contribution is 2.25. The number of amides is 1. The van der Waals surface area contributed by atoms with Gasteiger partial charge in [0, 0.05) is 12.6 Å². The smallest absolute Gasteiger partial charge is 0.255 e. The Morgan fingerprint density at radius 2 is 2.05 bits per heavy atom. The van der Waals surface area contributed by atoms with E-state index in [0.29, 0.717) is 18.2 Å². The molecule has 0 aliphatic carbocycles. The van der Waals surface area contributed by atoms with Gasteiger partial charge in [-0.05, 0) is 23.5 Å². The SMILES string of the molecule is COc1ccc(C(=O)NCC(C)C(C)(C)C)c(O)c1. The minimum atomic E-state index is -0.267. The third kappa shape index (κ3) is 4.16. The third-order valence-electron chi connectivity index (χ3n) is 3.50. The lowest BCUT2D eigenvalue weighted by Crippen LogP contribution is -2.33. The Labute approximate surface area is 114 Å². The first-order chi connectivity index (χ1) is 8.75. The van der Waals surface area contributed by atoms with Crippen LogP contribution in [0.2, 0.25) is 0 Å². The van der Waals surface area contributed by atoms with Gasteiger partial charge in [-0.15, -0.1) is 0 Å². The molecule has 0 radical (unpaired) electrons. The summed E-state index contributed by atoms with van der Waals surface area (Å²) in [5, 5.41) is 12.6. The van der Waals surface area contributed by atoms with Crippen molar-refractivity contribution in [2.45, 2.75) is 27.7 Å². The molecule has 0 fully saturated rings. The van der Waals surface area contributed by atoms with Gasteiger partial charge in [0.1, 0.15) is 11.5 Å². The van der Waals surface area contributed by atoms with Gasteiger partial charge in [0.2, 0.25) is 0 Å². The maximum atomic E-state index is 12.0. The van der Waals surface area contributed by atoms with Gasteiger partial charge in [0.05, 0.1) is 12.7 Å². The first-order valence-corrected chi connectivity index (χ1v) is 6.41. The lowest BCUT2D eigenvalue weighted by Gasteiger charge is -2.27. The molecule has 0 saturated heterocycles. The van der Waals surface area contributed by atoms with E-state index in [1.54, 1.807) is 12.1 Å². The first kappa shape index (κ1) is 15.3. The monoisotopic (exact) mass is 265 g/mol. The van der Waals surface area contributed by atoms with Gasteiger partial charge < -0.3 is 15.2 Å². The van der Waals surface area contributed by atoms with E-state index in [0.717, 1.165) is 0 Å². The van der Waals surface area contributed by atoms with Gasteiger partial charge in [-0.3, -0.25) is 4.79 Å². The van der Waals surface area contributed by atoms with Crippen molar-refractivity contribution in [1.29, 1.82) is 0 Å². The first-order valence-electron chi connectivity index (χ1n) is 6.41. The van der Waals surface area contributed by atoms with E-state index < -0.39 is 0 Å². The van der Waals surface area contributed by atoms with Crippen LogP contribution in [0.4, 0.5) is 0 Å². The van der Waals surface area contributed by atoms with Crippen LogP contribution in [-0.2, 0) is 0 Å². The van der Waals surface area contributed by atoms with Crippen molar-refractivity contribution in [3.05, 3.63) is 23.8 Å². The number of phenolic OH excluding ortho intramolecular Hbond substituents is 1. The molecule has 0 spiro atoms. The highest BCUT2D eigenvalue weighted by Gasteiger charge is 2.21. The van der Waals surface area contributed by atoms with Crippen molar-refractivity contribution in [2.24, 2.45) is 11.3 Å². The molecule has 0 aliphatic heterocycles. The summed E-state index contributed by atoms with van der Waals surface area (Å²) >= 11 is 0. The van der Waals surface area contributed by atoms with Crippen molar-refractivity contribution in [1.82, 2.24) is 5.32 Å². The summed E-state index contributed by atoms with van der Waals surface area (Å²) in [6, 6.07) is 4.65. The summed E-state index contributed by atoms with van der Waals surface area (Å²) in [5.74, 6) is 0.533. The minimum absolute atomic E-state index is 0.0692. The van der Waals surface area contributed by atoms with E-state index in [1.807, 2.05) is 0 Å². The normalized spacial score (nSPS) is 12.9. The fourth-order valence-corrected chi connectivity index (χ4v) is 1.48. The van der Waals surface area contributed by atoms with Crippen LogP contribution in [0.1, 0.15) is 38.1 Å². The van der Waals surface area contributed by atoms with Gasteiger partial charge in [-0.2, -0.15) is 0 Å². The Hall–Kier alpha value is -1.71. The second-order valence-corrected chi connectivity index (χ2v) is 5.86. The van der Waals surface area contributed by atoms with E-state index in [-0.39, 0.29) is 22.6 Å². The van der Waals surface area contributed by atoms with Crippen LogP contribution >= 0.6 is 0 Å². The van der Waals surface area contributed by atoms with Crippen LogP contribution < -0.4 is 10.1 Å². The number of carbonyl (C=O) groups excluding carboxylic acids is 1. The maximum Gasteiger partial charge on any atom is 0.255 e. The second kappa shape index (κ2) is 5.95. The molecule has 19 heavy (non-hydrogen) atoms. The highest BCUT2D eigenvalue weighted by atomic mass is 16.5. The van der Waals surface area contributed by atoms with Crippen molar-refractivity contribution >= 4 is 5.91 Å². The molecular weight excluding hydrogens is 242 g/mol. The van der Waals surface area contributed by atoms with Gasteiger partial charge in [-0.25, -0.2) is 0 Å². The lowest BCUT2D eigenvalue weighted by molar-refractivity contribution is 0.0934. The number of hydrogen-bond acceptors (Lipinski definition) is 3. The summed E-state index contributed by atoms with van der Waals surface area (Å²) < 4.78 is 4.98. The lowest BCUT2D eigenvalue weighted by atomic mass is 9.82. The minimum Gasteiger partial charge on any atom is -0.507 e. The topological polar surface area (TPSA) is 58.6 Å². The molecular formula is C15H23NO3. The van der Waals surface area contributed by atoms with Crippen molar-refractivity contribution < 1.29 is 14.6 Å². The number of ether oxygens (including phenoxy) is 1. The molecule has 0 aliphatic rings. The van der Waals surface area contributed by atoms with Crippen LogP contribution in [-0.4, -0.2) is 24.7 Å². The summed E-state index contributed by atoms with van der Waals surface area (Å²) in [7, 11) is 1.51. The fourth-order valence-electron chi connectivity index (χ4n) is 1.48. The van der Waals surface area contributed by atoms with Gasteiger partial charge in [-0.1, -0.05) is 27.7 Å². The molecule has 1 rings (SSSR count). The molecule has 1 unspecified atom stereocenters. The Morgan fingerprint density at radius 3 is 2.53 bits per heavy atom. The van der Waals surface area contributed by atoms with E-state index in [2.05, 4.69) is 33.0 Å². The molecule has 1 aromatic rings. The van der Waals surface area contributed by atoms with Gasteiger partial charge >= 0.3 is 0 Å². The van der Waals surface area contributed by atoms with Crippen LogP contribution in [0.3, 0.4) is 0 Å². The number of nitrogens with one attached hydrogen (secondary N) is 1. The zero-order valence-corrected chi connectivity index (χ0v) is 12.3. The second-order valence-electron chi connectivity index (χ2n) is 5.86. The Kier molecular flexibility index (Phi) is 4.81. The van der Waals surface area contributed by atoms with Crippen molar-refractivity contribution in [3.8, 4) is 11.5 Å². The number of methoxy groups -OCH3 is 1. The summed E-state index contributed by atoms with van der Waals surface area (Å²) in [6.45, 7) is 9.07. The number of carbonyl (C=O) groups is 1. The number of hydrogen-bond donors (Lipinski definition) is 2. The van der Waals surface area contributed by atoms with Crippen LogP contribution in [0.15, 0.2) is 18.2 Å². The zero-order valence-electron chi connectivity index (χ0n) is 12.3. The third-order valence-corrected chi connectivity index (χ3v) is 3.50. The molecule has 0 heterocycles. The molecule has 2 N–H and O–H groups in total. The molecule has 106 valence electrons. The largest absolute Gasteiger partial charge is 0.507 e. The Balaban J connectivity index is 2.69. The highest BCUT2D eigenvalue weighted by molar-refractivity contribution is 5.97. The molecule has 1 aromatic carbocycles. The van der Waals surface area contributed by atoms with E-state index in [9.17, 15) is 9.90 Å². The summed E-state index contributed by atoms with van der Waals surface area (Å²) in [5.41, 5.74) is 0.400. The summed E-state index contributed by atoms with van der Waals surface area (Å²) in [4.78, 5) is 12.0. The maximum absolute atomic E-state index is 12.0. The van der Waals surface area contributed by atoms with Crippen molar-refractivity contribution in [3.63, 3.8) is 0 Å². The Bertz CT molecular complexity index is 449. The van der Waals surface area contributed by atoms with Crippen LogP contribution in [0.5, 0.6) is 11.5 Å². The van der Waals surface area contributed by atoms with Gasteiger partial charge in [0.25, 0.3) is 5.91 Å². The quantitative estimate of drug-likeness (QED) is 0.880. The Morgan fingerprint density at radius 1 is 1.42 bits per heavy atom. The molecule has 0 aromatic heterocycles. The zero-order chi connectivity index (χ0) is 14.6. The average Bonchev–Trinajstić information content (AvgIpc) is 2.34. The number of rotatable bonds is 4. The van der Waals surface area contributed by atoms with Crippen LogP contribution in [0.25, 0.3) is 0 Å². The molecule has 1 amide bonds. The summed E-state index contributed by atoms with van der Waals surface area (Å²) in [6.07, 6.45) is 0. The standard InChI is InChI=1S/C15H23NO3/c1-10(15(2,3)4)9-16-14(18)12-7-6-11(19-5)8-13(12)17/h6-8,10,17H,9H2,1-5H3,(H,16,18).